The van der Waals surface area contributed by atoms with Gasteiger partial charge in [0.1, 0.15) is 5.82 Å². The normalized spacial score (nSPS) is 19.2. The molecule has 1 unspecified atom stereocenters. The SMILES string of the molecule is CCC(=O)NC1CCCN(c2ccnc3ccnn23)C1. The van der Waals surface area contributed by atoms with E-state index in [1.54, 1.807) is 12.4 Å². The Labute approximate surface area is 117 Å². The molecular formula is C14H19N5O. The minimum Gasteiger partial charge on any atom is -0.354 e. The highest BCUT2D eigenvalue weighted by atomic mass is 16.1. The number of fused-ring (bicyclic) bond motifs is 1. The van der Waals surface area contributed by atoms with Crippen molar-refractivity contribution in [2.24, 2.45) is 0 Å². The monoisotopic (exact) mass is 273 g/mol. The van der Waals surface area contributed by atoms with Gasteiger partial charge < -0.3 is 10.2 Å². The summed E-state index contributed by atoms with van der Waals surface area (Å²) in [5, 5.41) is 7.41. The van der Waals surface area contributed by atoms with E-state index in [2.05, 4.69) is 20.3 Å². The number of carbonyl (C=O) groups is 1. The molecule has 1 amide bonds. The number of piperidine rings is 1. The number of rotatable bonds is 3. The second-order valence-electron chi connectivity index (χ2n) is 5.11. The van der Waals surface area contributed by atoms with Crippen LogP contribution in [0.4, 0.5) is 5.82 Å². The lowest BCUT2D eigenvalue weighted by Crippen LogP contribution is -2.48. The molecule has 1 aliphatic heterocycles. The zero-order valence-corrected chi connectivity index (χ0v) is 11.6. The van der Waals surface area contributed by atoms with Gasteiger partial charge in [0, 0.05) is 37.8 Å². The summed E-state index contributed by atoms with van der Waals surface area (Å²) in [7, 11) is 0. The van der Waals surface area contributed by atoms with Gasteiger partial charge in [-0.3, -0.25) is 4.79 Å². The molecule has 6 nitrogen and oxygen atoms in total. The van der Waals surface area contributed by atoms with Crippen LogP contribution in [-0.4, -0.2) is 39.6 Å². The molecule has 1 fully saturated rings. The Bertz CT molecular complexity index is 608. The number of nitrogens with one attached hydrogen (secondary N) is 1. The average Bonchev–Trinajstić information content (AvgIpc) is 2.95. The molecule has 3 heterocycles. The molecule has 0 aromatic carbocycles. The summed E-state index contributed by atoms with van der Waals surface area (Å²) in [4.78, 5) is 18.1. The van der Waals surface area contributed by atoms with Gasteiger partial charge >= 0.3 is 0 Å². The van der Waals surface area contributed by atoms with Crippen molar-refractivity contribution in [3.63, 3.8) is 0 Å². The van der Waals surface area contributed by atoms with E-state index in [-0.39, 0.29) is 11.9 Å². The fraction of sp³-hybridized carbons (Fsp3) is 0.500. The lowest BCUT2D eigenvalue weighted by Gasteiger charge is -2.34. The first-order chi connectivity index (χ1) is 9.78. The largest absolute Gasteiger partial charge is 0.354 e. The van der Waals surface area contributed by atoms with Crippen LogP contribution >= 0.6 is 0 Å². The molecule has 1 N–H and O–H groups in total. The van der Waals surface area contributed by atoms with Crippen molar-refractivity contribution in [3.8, 4) is 0 Å². The minimum absolute atomic E-state index is 0.121. The molecule has 0 radical (unpaired) electrons. The van der Waals surface area contributed by atoms with E-state index < -0.39 is 0 Å². The molecule has 0 spiro atoms. The Hall–Kier alpha value is -2.11. The van der Waals surface area contributed by atoms with Gasteiger partial charge in [0.2, 0.25) is 5.91 Å². The number of hydrogen-bond donors (Lipinski definition) is 1. The summed E-state index contributed by atoms with van der Waals surface area (Å²) in [5.41, 5.74) is 0.849. The highest BCUT2D eigenvalue weighted by molar-refractivity contribution is 5.75. The first-order valence-corrected chi connectivity index (χ1v) is 7.11. The number of nitrogens with zero attached hydrogens (tertiary/aromatic N) is 4. The summed E-state index contributed by atoms with van der Waals surface area (Å²) in [6.45, 7) is 3.69. The van der Waals surface area contributed by atoms with E-state index in [9.17, 15) is 4.79 Å². The van der Waals surface area contributed by atoms with Crippen LogP contribution < -0.4 is 10.2 Å². The van der Waals surface area contributed by atoms with Crippen LogP contribution in [0, 0.1) is 0 Å². The summed E-state index contributed by atoms with van der Waals surface area (Å²) < 4.78 is 1.85. The molecule has 2 aromatic rings. The van der Waals surface area contributed by atoms with E-state index in [1.165, 1.54) is 0 Å². The van der Waals surface area contributed by atoms with Crippen LogP contribution in [-0.2, 0) is 4.79 Å². The Morgan fingerprint density at radius 2 is 2.35 bits per heavy atom. The maximum atomic E-state index is 11.5. The Morgan fingerprint density at radius 3 is 3.20 bits per heavy atom. The molecular weight excluding hydrogens is 254 g/mol. The minimum atomic E-state index is 0.121. The van der Waals surface area contributed by atoms with Crippen LogP contribution in [0.2, 0.25) is 0 Å². The van der Waals surface area contributed by atoms with E-state index in [1.807, 2.05) is 23.6 Å². The number of amides is 1. The first-order valence-electron chi connectivity index (χ1n) is 7.11. The fourth-order valence-electron chi connectivity index (χ4n) is 2.69. The molecule has 2 aromatic heterocycles. The Kier molecular flexibility index (Phi) is 3.54. The van der Waals surface area contributed by atoms with E-state index in [0.717, 1.165) is 37.4 Å². The third-order valence-corrected chi connectivity index (χ3v) is 3.70. The number of anilines is 1. The molecule has 0 aliphatic carbocycles. The Balaban J connectivity index is 1.79. The maximum absolute atomic E-state index is 11.5. The van der Waals surface area contributed by atoms with Crippen molar-refractivity contribution < 1.29 is 4.79 Å². The molecule has 106 valence electrons. The molecule has 0 bridgehead atoms. The van der Waals surface area contributed by atoms with E-state index >= 15 is 0 Å². The average molecular weight is 273 g/mol. The zero-order chi connectivity index (χ0) is 13.9. The van der Waals surface area contributed by atoms with E-state index in [0.29, 0.717) is 6.42 Å². The van der Waals surface area contributed by atoms with Gasteiger partial charge in [-0.25, -0.2) is 4.98 Å². The van der Waals surface area contributed by atoms with Gasteiger partial charge in [-0.15, -0.1) is 0 Å². The predicted octanol–water partition coefficient (Wildman–Crippen LogP) is 1.22. The van der Waals surface area contributed by atoms with Crippen molar-refractivity contribution in [2.45, 2.75) is 32.2 Å². The third-order valence-electron chi connectivity index (χ3n) is 3.70. The van der Waals surface area contributed by atoms with Crippen molar-refractivity contribution in [3.05, 3.63) is 24.5 Å². The Morgan fingerprint density at radius 1 is 1.45 bits per heavy atom. The number of hydrogen-bond acceptors (Lipinski definition) is 4. The predicted molar refractivity (Wildman–Crippen MR) is 76.7 cm³/mol. The highest BCUT2D eigenvalue weighted by Crippen LogP contribution is 2.20. The van der Waals surface area contributed by atoms with Crippen LogP contribution in [0.3, 0.4) is 0 Å². The standard InChI is InChI=1S/C14H19N5O/c1-2-13(20)17-11-4-3-9-18(10-11)14-6-7-15-12-5-8-16-19(12)14/h5-8,11H,2-4,9-10H2,1H3,(H,17,20). The van der Waals surface area contributed by atoms with Crippen molar-refractivity contribution >= 4 is 17.4 Å². The van der Waals surface area contributed by atoms with Gasteiger partial charge in [-0.1, -0.05) is 6.92 Å². The smallest absolute Gasteiger partial charge is 0.219 e. The van der Waals surface area contributed by atoms with Crippen LogP contribution in [0.25, 0.3) is 5.65 Å². The quantitative estimate of drug-likeness (QED) is 0.913. The third kappa shape index (κ3) is 2.45. The summed E-state index contributed by atoms with van der Waals surface area (Å²) in [5.74, 6) is 1.16. The summed E-state index contributed by atoms with van der Waals surface area (Å²) in [6.07, 6.45) is 6.21. The maximum Gasteiger partial charge on any atom is 0.219 e. The number of aromatic nitrogens is 3. The lowest BCUT2D eigenvalue weighted by atomic mass is 10.1. The van der Waals surface area contributed by atoms with Crippen LogP contribution in [0.5, 0.6) is 0 Å². The summed E-state index contributed by atoms with van der Waals surface area (Å²) >= 11 is 0. The topological polar surface area (TPSA) is 62.5 Å². The first kappa shape index (κ1) is 12.9. The lowest BCUT2D eigenvalue weighted by molar-refractivity contribution is -0.121. The van der Waals surface area contributed by atoms with Gasteiger partial charge in [0.05, 0.1) is 6.20 Å². The molecule has 3 rings (SSSR count). The number of carbonyl (C=O) groups excluding carboxylic acids is 1. The second-order valence-corrected chi connectivity index (χ2v) is 5.11. The highest BCUT2D eigenvalue weighted by Gasteiger charge is 2.22. The van der Waals surface area contributed by atoms with Gasteiger partial charge in [-0.2, -0.15) is 9.61 Å². The summed E-state index contributed by atoms with van der Waals surface area (Å²) in [6, 6.07) is 4.09. The van der Waals surface area contributed by atoms with Crippen molar-refractivity contribution in [2.75, 3.05) is 18.0 Å². The molecule has 1 saturated heterocycles. The zero-order valence-electron chi connectivity index (χ0n) is 11.6. The van der Waals surface area contributed by atoms with Gasteiger partial charge in [0.15, 0.2) is 5.65 Å². The molecule has 1 aliphatic rings. The van der Waals surface area contributed by atoms with E-state index in [4.69, 9.17) is 0 Å². The fourth-order valence-corrected chi connectivity index (χ4v) is 2.69. The van der Waals surface area contributed by atoms with Crippen LogP contribution in [0.1, 0.15) is 26.2 Å². The molecule has 20 heavy (non-hydrogen) atoms. The molecule has 0 saturated carbocycles. The molecule has 6 heteroatoms. The second kappa shape index (κ2) is 5.48. The molecule has 1 atom stereocenters. The van der Waals surface area contributed by atoms with Gasteiger partial charge in [-0.05, 0) is 18.9 Å². The van der Waals surface area contributed by atoms with Crippen molar-refractivity contribution in [1.29, 1.82) is 0 Å². The van der Waals surface area contributed by atoms with Gasteiger partial charge in [0.25, 0.3) is 0 Å². The van der Waals surface area contributed by atoms with Crippen LogP contribution in [0.15, 0.2) is 24.5 Å². The van der Waals surface area contributed by atoms with Crippen molar-refractivity contribution in [1.82, 2.24) is 19.9 Å².